The number of aromatic nitrogens is 1. The monoisotopic (exact) mass is 284 g/mol. The van der Waals surface area contributed by atoms with Gasteiger partial charge in [-0.15, -0.1) is 0 Å². The number of fused-ring (bicyclic) bond motifs is 1. The van der Waals surface area contributed by atoms with Crippen LogP contribution in [0.5, 0.6) is 0 Å². The van der Waals surface area contributed by atoms with Crippen LogP contribution in [0.2, 0.25) is 0 Å². The van der Waals surface area contributed by atoms with Crippen LogP contribution in [0.15, 0.2) is 30.5 Å². The molecule has 0 bridgehead atoms. The van der Waals surface area contributed by atoms with Gasteiger partial charge in [-0.25, -0.2) is 0 Å². The molecule has 0 aliphatic heterocycles. The lowest BCUT2D eigenvalue weighted by Gasteiger charge is -2.07. The van der Waals surface area contributed by atoms with Crippen LogP contribution in [0.3, 0.4) is 0 Å². The van der Waals surface area contributed by atoms with E-state index in [4.69, 9.17) is 0 Å². The van der Waals surface area contributed by atoms with Crippen LogP contribution in [0.25, 0.3) is 10.9 Å². The normalized spacial score (nSPS) is 11.8. The number of alkyl halides is 3. The summed E-state index contributed by atoms with van der Waals surface area (Å²) in [5.41, 5.74) is 1.78. The van der Waals surface area contributed by atoms with Crippen molar-refractivity contribution >= 4 is 16.8 Å². The fraction of sp³-hybridized carbons (Fsp3) is 0.357. The van der Waals surface area contributed by atoms with Gasteiger partial charge in [-0.3, -0.25) is 4.79 Å². The van der Waals surface area contributed by atoms with Gasteiger partial charge in [0.25, 0.3) is 0 Å². The molecule has 1 aromatic heterocycles. The first kappa shape index (κ1) is 14.4. The van der Waals surface area contributed by atoms with E-state index in [1.807, 2.05) is 24.3 Å². The number of benzene rings is 1. The SMILES string of the molecule is O=C(Cc1c[nH]c2ccccc12)NCCCC(F)(F)F. The molecule has 1 aromatic carbocycles. The predicted molar refractivity (Wildman–Crippen MR) is 70.3 cm³/mol. The molecule has 0 radical (unpaired) electrons. The summed E-state index contributed by atoms with van der Waals surface area (Å²) in [5.74, 6) is -0.267. The van der Waals surface area contributed by atoms with Crippen LogP contribution in [0.1, 0.15) is 18.4 Å². The molecule has 1 amide bonds. The molecule has 2 rings (SSSR count). The number of carbonyl (C=O) groups is 1. The van der Waals surface area contributed by atoms with Crippen molar-refractivity contribution in [3.8, 4) is 0 Å². The highest BCUT2D eigenvalue weighted by molar-refractivity contribution is 5.88. The summed E-state index contributed by atoms with van der Waals surface area (Å²) in [6, 6.07) is 7.57. The van der Waals surface area contributed by atoms with Gasteiger partial charge in [-0.05, 0) is 18.1 Å². The molecule has 3 nitrogen and oxygen atoms in total. The molecule has 0 spiro atoms. The first-order chi connectivity index (χ1) is 9.46. The summed E-state index contributed by atoms with van der Waals surface area (Å²) in [5, 5.41) is 3.46. The molecule has 20 heavy (non-hydrogen) atoms. The third kappa shape index (κ3) is 4.01. The molecule has 6 heteroatoms. The zero-order valence-electron chi connectivity index (χ0n) is 10.8. The second-order valence-corrected chi connectivity index (χ2v) is 4.60. The zero-order chi connectivity index (χ0) is 14.6. The third-order valence-corrected chi connectivity index (χ3v) is 2.99. The minimum absolute atomic E-state index is 0.0424. The second kappa shape index (κ2) is 5.98. The molecule has 0 aliphatic carbocycles. The van der Waals surface area contributed by atoms with E-state index in [1.165, 1.54) is 0 Å². The van der Waals surface area contributed by atoms with Gasteiger partial charge in [0.15, 0.2) is 0 Å². The number of aromatic amines is 1. The van der Waals surface area contributed by atoms with Crippen molar-refractivity contribution in [1.29, 1.82) is 0 Å². The molecule has 1 heterocycles. The van der Waals surface area contributed by atoms with E-state index < -0.39 is 12.6 Å². The number of para-hydroxylation sites is 1. The summed E-state index contributed by atoms with van der Waals surface area (Å²) in [6.45, 7) is 0.0424. The molecule has 0 saturated heterocycles. The van der Waals surface area contributed by atoms with Gasteiger partial charge in [0, 0.05) is 30.1 Å². The minimum Gasteiger partial charge on any atom is -0.361 e. The van der Waals surface area contributed by atoms with E-state index in [2.05, 4.69) is 10.3 Å². The first-order valence-corrected chi connectivity index (χ1v) is 6.34. The van der Waals surface area contributed by atoms with Crippen molar-refractivity contribution in [3.63, 3.8) is 0 Å². The number of nitrogens with one attached hydrogen (secondary N) is 2. The highest BCUT2D eigenvalue weighted by Gasteiger charge is 2.25. The van der Waals surface area contributed by atoms with Crippen LogP contribution in [0.4, 0.5) is 13.2 Å². The number of rotatable bonds is 5. The smallest absolute Gasteiger partial charge is 0.361 e. The van der Waals surface area contributed by atoms with Crippen LogP contribution in [0, 0.1) is 0 Å². The number of hydrogen-bond acceptors (Lipinski definition) is 1. The van der Waals surface area contributed by atoms with Crippen LogP contribution >= 0.6 is 0 Å². The van der Waals surface area contributed by atoms with E-state index in [0.717, 1.165) is 16.5 Å². The lowest BCUT2D eigenvalue weighted by atomic mass is 10.1. The molecule has 0 atom stereocenters. The second-order valence-electron chi connectivity index (χ2n) is 4.60. The Morgan fingerprint density at radius 2 is 2.00 bits per heavy atom. The Morgan fingerprint density at radius 3 is 2.75 bits per heavy atom. The van der Waals surface area contributed by atoms with Crippen LogP contribution < -0.4 is 5.32 Å². The van der Waals surface area contributed by atoms with Gasteiger partial charge in [0.2, 0.25) is 5.91 Å². The molecular formula is C14H15F3N2O. The number of amides is 1. The Labute approximate surface area is 114 Å². The summed E-state index contributed by atoms with van der Waals surface area (Å²) < 4.78 is 35.8. The van der Waals surface area contributed by atoms with Crippen molar-refractivity contribution in [1.82, 2.24) is 10.3 Å². The summed E-state index contributed by atoms with van der Waals surface area (Å²) in [7, 11) is 0. The van der Waals surface area contributed by atoms with Gasteiger partial charge in [0.05, 0.1) is 6.42 Å². The molecule has 2 N–H and O–H groups in total. The lowest BCUT2D eigenvalue weighted by Crippen LogP contribution is -2.27. The van der Waals surface area contributed by atoms with E-state index >= 15 is 0 Å². The molecule has 0 fully saturated rings. The number of carbonyl (C=O) groups excluding carboxylic acids is 1. The third-order valence-electron chi connectivity index (χ3n) is 2.99. The van der Waals surface area contributed by atoms with Gasteiger partial charge in [0.1, 0.15) is 0 Å². The van der Waals surface area contributed by atoms with E-state index in [9.17, 15) is 18.0 Å². The Morgan fingerprint density at radius 1 is 1.25 bits per heavy atom. The van der Waals surface area contributed by atoms with Gasteiger partial charge in [-0.1, -0.05) is 18.2 Å². The van der Waals surface area contributed by atoms with Gasteiger partial charge >= 0.3 is 6.18 Å². The zero-order valence-corrected chi connectivity index (χ0v) is 10.8. The maximum atomic E-state index is 11.9. The summed E-state index contributed by atoms with van der Waals surface area (Å²) in [4.78, 5) is 14.7. The fourth-order valence-electron chi connectivity index (χ4n) is 2.03. The van der Waals surface area contributed by atoms with Crippen LogP contribution in [-0.2, 0) is 11.2 Å². The Balaban J connectivity index is 1.83. The topological polar surface area (TPSA) is 44.9 Å². The molecule has 0 unspecified atom stereocenters. The van der Waals surface area contributed by atoms with E-state index in [-0.39, 0.29) is 25.3 Å². The van der Waals surface area contributed by atoms with Crippen LogP contribution in [-0.4, -0.2) is 23.6 Å². The Bertz CT molecular complexity index is 589. The molecular weight excluding hydrogens is 269 g/mol. The fourth-order valence-corrected chi connectivity index (χ4v) is 2.03. The standard InChI is InChI=1S/C14H15F3N2O/c15-14(16,17)6-3-7-18-13(20)8-10-9-19-12-5-2-1-4-11(10)12/h1-2,4-5,9,19H,3,6-8H2,(H,18,20). The van der Waals surface area contributed by atoms with E-state index in [0.29, 0.717) is 0 Å². The number of H-pyrrole nitrogens is 1. The predicted octanol–water partition coefficient (Wildman–Crippen LogP) is 3.17. The molecule has 108 valence electrons. The highest BCUT2D eigenvalue weighted by Crippen LogP contribution is 2.21. The van der Waals surface area contributed by atoms with Crippen molar-refractivity contribution in [2.45, 2.75) is 25.4 Å². The van der Waals surface area contributed by atoms with E-state index in [1.54, 1.807) is 6.20 Å². The number of hydrogen-bond donors (Lipinski definition) is 2. The maximum Gasteiger partial charge on any atom is 0.389 e. The Kier molecular flexibility index (Phi) is 4.32. The van der Waals surface area contributed by atoms with Crippen molar-refractivity contribution < 1.29 is 18.0 Å². The quantitative estimate of drug-likeness (QED) is 0.814. The largest absolute Gasteiger partial charge is 0.389 e. The Hall–Kier alpha value is -1.98. The maximum absolute atomic E-state index is 11.9. The van der Waals surface area contributed by atoms with Gasteiger partial charge in [-0.2, -0.15) is 13.2 Å². The van der Waals surface area contributed by atoms with Gasteiger partial charge < -0.3 is 10.3 Å². The average Bonchev–Trinajstić information content (AvgIpc) is 2.77. The molecule has 0 saturated carbocycles. The number of halogens is 3. The molecule has 2 aromatic rings. The summed E-state index contributed by atoms with van der Waals surface area (Å²) in [6.07, 6.45) is -3.22. The minimum atomic E-state index is -4.17. The average molecular weight is 284 g/mol. The summed E-state index contributed by atoms with van der Waals surface area (Å²) >= 11 is 0. The highest BCUT2D eigenvalue weighted by atomic mass is 19.4. The van der Waals surface area contributed by atoms with Crippen molar-refractivity contribution in [2.75, 3.05) is 6.54 Å². The van der Waals surface area contributed by atoms with Crippen molar-refractivity contribution in [2.24, 2.45) is 0 Å². The van der Waals surface area contributed by atoms with Crippen molar-refractivity contribution in [3.05, 3.63) is 36.0 Å². The molecule has 0 aliphatic rings. The first-order valence-electron chi connectivity index (χ1n) is 6.34. The lowest BCUT2D eigenvalue weighted by molar-refractivity contribution is -0.136.